The van der Waals surface area contributed by atoms with E-state index in [9.17, 15) is 9.59 Å². The topological polar surface area (TPSA) is 65.1 Å². The van der Waals surface area contributed by atoms with Gasteiger partial charge in [-0.15, -0.1) is 0 Å². The van der Waals surface area contributed by atoms with Gasteiger partial charge in [0.15, 0.2) is 17.6 Å². The van der Waals surface area contributed by atoms with Crippen LogP contribution in [0, 0.1) is 0 Å². The average Bonchev–Trinajstić information content (AvgIpc) is 3.10. The van der Waals surface area contributed by atoms with Crippen LogP contribution in [0.5, 0.6) is 11.5 Å². The molecule has 0 bridgehead atoms. The molecule has 0 aromatic heterocycles. The molecule has 1 aliphatic rings. The summed E-state index contributed by atoms with van der Waals surface area (Å²) < 4.78 is 15.8. The molecular weight excluding hydrogens is 322 g/mol. The van der Waals surface area contributed by atoms with Crippen LogP contribution in [0.3, 0.4) is 0 Å². The maximum Gasteiger partial charge on any atom is 0.339 e. The third-order valence-electron chi connectivity index (χ3n) is 3.89. The second-order valence-corrected chi connectivity index (χ2v) is 5.53. The van der Waals surface area contributed by atoms with Crippen molar-refractivity contribution < 1.29 is 23.8 Å². The van der Waals surface area contributed by atoms with Gasteiger partial charge >= 0.3 is 5.97 Å². The number of amides is 1. The lowest BCUT2D eigenvalue weighted by atomic mass is 10.2. The molecule has 0 radical (unpaired) electrons. The van der Waals surface area contributed by atoms with Crippen molar-refractivity contribution in [1.29, 1.82) is 0 Å². The van der Waals surface area contributed by atoms with Crippen molar-refractivity contribution >= 4 is 17.6 Å². The van der Waals surface area contributed by atoms with Crippen LogP contribution in [0.25, 0.3) is 0 Å². The summed E-state index contributed by atoms with van der Waals surface area (Å²) in [4.78, 5) is 26.5. The van der Waals surface area contributed by atoms with Crippen molar-refractivity contribution in [2.75, 3.05) is 18.2 Å². The number of rotatable bonds is 5. The predicted molar refractivity (Wildman–Crippen MR) is 91.9 cm³/mol. The maximum absolute atomic E-state index is 12.6. The molecule has 0 unspecified atom stereocenters. The highest BCUT2D eigenvalue weighted by Gasteiger charge is 2.25. The summed E-state index contributed by atoms with van der Waals surface area (Å²) in [6.07, 6.45) is -0.905. The van der Waals surface area contributed by atoms with Crippen LogP contribution in [0.1, 0.15) is 24.2 Å². The number of hydrogen-bond donors (Lipinski definition) is 0. The number of para-hydroxylation sites is 1. The Kier molecular flexibility index (Phi) is 4.88. The molecule has 0 aliphatic carbocycles. The van der Waals surface area contributed by atoms with Crippen LogP contribution >= 0.6 is 0 Å². The third-order valence-corrected chi connectivity index (χ3v) is 3.89. The van der Waals surface area contributed by atoms with Gasteiger partial charge in [-0.2, -0.15) is 0 Å². The number of likely N-dealkylation sites (N-methyl/N-ethyl adjacent to an activating group) is 1. The van der Waals surface area contributed by atoms with E-state index in [0.717, 1.165) is 5.69 Å². The molecule has 0 fully saturated rings. The molecule has 0 saturated heterocycles. The molecule has 3 rings (SSSR count). The van der Waals surface area contributed by atoms with Crippen LogP contribution < -0.4 is 14.4 Å². The van der Waals surface area contributed by atoms with E-state index in [0.29, 0.717) is 23.6 Å². The fourth-order valence-electron chi connectivity index (χ4n) is 2.60. The first-order valence-corrected chi connectivity index (χ1v) is 8.07. The zero-order chi connectivity index (χ0) is 17.8. The molecular formula is C19H19NO5. The lowest BCUT2D eigenvalue weighted by Crippen LogP contribution is -2.40. The van der Waals surface area contributed by atoms with Crippen molar-refractivity contribution in [3.8, 4) is 11.5 Å². The molecule has 25 heavy (non-hydrogen) atoms. The van der Waals surface area contributed by atoms with E-state index >= 15 is 0 Å². The first-order valence-electron chi connectivity index (χ1n) is 8.07. The molecule has 0 spiro atoms. The zero-order valence-corrected chi connectivity index (χ0v) is 14.1. The third kappa shape index (κ3) is 3.57. The highest BCUT2D eigenvalue weighted by molar-refractivity contribution is 5.99. The summed E-state index contributed by atoms with van der Waals surface area (Å²) in [5, 5.41) is 0. The fraction of sp³-hybridized carbons (Fsp3) is 0.263. The number of carbonyl (C=O) groups excluding carboxylic acids is 2. The number of carbonyl (C=O) groups is 2. The van der Waals surface area contributed by atoms with Crippen LogP contribution in [-0.4, -0.2) is 31.3 Å². The molecule has 1 atom stereocenters. The smallest absolute Gasteiger partial charge is 0.339 e. The number of fused-ring (bicyclic) bond motifs is 1. The minimum Gasteiger partial charge on any atom is -0.454 e. The Morgan fingerprint density at radius 2 is 1.84 bits per heavy atom. The Labute approximate surface area is 145 Å². The molecule has 1 amide bonds. The number of anilines is 1. The minimum absolute atomic E-state index is 0.130. The molecule has 2 aromatic rings. The second-order valence-electron chi connectivity index (χ2n) is 5.53. The summed E-state index contributed by atoms with van der Waals surface area (Å²) in [7, 11) is 0. The van der Waals surface area contributed by atoms with Crippen molar-refractivity contribution in [3.63, 3.8) is 0 Å². The number of esters is 1. The molecule has 0 saturated carbocycles. The summed E-state index contributed by atoms with van der Waals surface area (Å²) in [6, 6.07) is 14.1. The van der Waals surface area contributed by atoms with Crippen molar-refractivity contribution in [2.24, 2.45) is 0 Å². The van der Waals surface area contributed by atoms with Gasteiger partial charge in [-0.25, -0.2) is 4.79 Å². The van der Waals surface area contributed by atoms with Crippen LogP contribution in [0.2, 0.25) is 0 Å². The Balaban J connectivity index is 1.69. The van der Waals surface area contributed by atoms with Crippen molar-refractivity contribution in [3.05, 3.63) is 54.1 Å². The molecule has 2 aromatic carbocycles. The maximum atomic E-state index is 12.6. The van der Waals surface area contributed by atoms with Gasteiger partial charge in [-0.3, -0.25) is 4.79 Å². The number of nitrogens with zero attached hydrogens (tertiary/aromatic N) is 1. The number of benzene rings is 2. The monoisotopic (exact) mass is 341 g/mol. The number of ether oxygens (including phenoxy) is 3. The SMILES string of the molecule is CCN(C(=O)[C@H](C)OC(=O)c1ccc2c(c1)OCO2)c1ccccc1. The Bertz CT molecular complexity index is 775. The molecule has 6 nitrogen and oxygen atoms in total. The van der Waals surface area contributed by atoms with Crippen LogP contribution in [0.15, 0.2) is 48.5 Å². The second kappa shape index (κ2) is 7.25. The van der Waals surface area contributed by atoms with Gasteiger partial charge in [0.25, 0.3) is 5.91 Å². The van der Waals surface area contributed by atoms with Gasteiger partial charge in [0.2, 0.25) is 6.79 Å². The van der Waals surface area contributed by atoms with E-state index in [1.54, 1.807) is 30.0 Å². The van der Waals surface area contributed by atoms with E-state index < -0.39 is 12.1 Å². The summed E-state index contributed by atoms with van der Waals surface area (Å²) in [6.45, 7) is 4.05. The van der Waals surface area contributed by atoms with Gasteiger partial charge in [0.05, 0.1) is 5.56 Å². The predicted octanol–water partition coefficient (Wildman–Crippen LogP) is 3.01. The van der Waals surface area contributed by atoms with Gasteiger partial charge < -0.3 is 19.1 Å². The highest BCUT2D eigenvalue weighted by Crippen LogP contribution is 2.32. The van der Waals surface area contributed by atoms with E-state index in [1.165, 1.54) is 0 Å². The summed E-state index contributed by atoms with van der Waals surface area (Å²) in [5.41, 5.74) is 1.08. The van der Waals surface area contributed by atoms with Crippen LogP contribution in [0.4, 0.5) is 5.69 Å². The lowest BCUT2D eigenvalue weighted by Gasteiger charge is -2.24. The highest BCUT2D eigenvalue weighted by atomic mass is 16.7. The van der Waals surface area contributed by atoms with E-state index in [4.69, 9.17) is 14.2 Å². The lowest BCUT2D eigenvalue weighted by molar-refractivity contribution is -0.126. The van der Waals surface area contributed by atoms with E-state index in [2.05, 4.69) is 0 Å². The van der Waals surface area contributed by atoms with Gasteiger partial charge in [0, 0.05) is 12.2 Å². The van der Waals surface area contributed by atoms with Crippen molar-refractivity contribution in [2.45, 2.75) is 20.0 Å². The largest absolute Gasteiger partial charge is 0.454 e. The molecule has 1 aliphatic heterocycles. The van der Waals surface area contributed by atoms with E-state index in [-0.39, 0.29) is 12.7 Å². The van der Waals surface area contributed by atoms with Gasteiger partial charge in [-0.1, -0.05) is 18.2 Å². The molecule has 130 valence electrons. The normalized spacial score (nSPS) is 13.2. The first-order chi connectivity index (χ1) is 12.1. The average molecular weight is 341 g/mol. The van der Waals surface area contributed by atoms with Crippen LogP contribution in [-0.2, 0) is 9.53 Å². The number of hydrogen-bond acceptors (Lipinski definition) is 5. The Morgan fingerprint density at radius 1 is 1.12 bits per heavy atom. The molecule has 1 heterocycles. The standard InChI is InChI=1S/C19H19NO5/c1-3-20(15-7-5-4-6-8-15)18(21)13(2)25-19(22)14-9-10-16-17(11-14)24-12-23-16/h4-11,13H,3,12H2,1-2H3/t13-/m0/s1. The summed E-state index contributed by atoms with van der Waals surface area (Å²) in [5.74, 6) is 0.223. The Morgan fingerprint density at radius 3 is 2.56 bits per heavy atom. The molecule has 6 heteroatoms. The fourth-order valence-corrected chi connectivity index (χ4v) is 2.60. The minimum atomic E-state index is -0.905. The van der Waals surface area contributed by atoms with Gasteiger partial charge in [0.1, 0.15) is 0 Å². The summed E-state index contributed by atoms with van der Waals surface area (Å²) >= 11 is 0. The van der Waals surface area contributed by atoms with Gasteiger partial charge in [-0.05, 0) is 44.2 Å². The zero-order valence-electron chi connectivity index (χ0n) is 14.1. The Hall–Kier alpha value is -3.02. The van der Waals surface area contributed by atoms with Crippen molar-refractivity contribution in [1.82, 2.24) is 0 Å². The quantitative estimate of drug-likeness (QED) is 0.782. The first kappa shape index (κ1) is 16.8. The van der Waals surface area contributed by atoms with E-state index in [1.807, 2.05) is 37.3 Å². The molecule has 0 N–H and O–H groups in total.